The van der Waals surface area contributed by atoms with Crippen molar-refractivity contribution in [3.63, 3.8) is 0 Å². The number of hydrogen-bond acceptors (Lipinski definition) is 1. The molecule has 0 spiro atoms. The summed E-state index contributed by atoms with van der Waals surface area (Å²) >= 11 is 0. The van der Waals surface area contributed by atoms with E-state index in [4.69, 9.17) is 0 Å². The van der Waals surface area contributed by atoms with Gasteiger partial charge in [0.05, 0.1) is 6.10 Å². The van der Waals surface area contributed by atoms with Gasteiger partial charge in [0.15, 0.2) is 0 Å². The van der Waals surface area contributed by atoms with E-state index in [2.05, 4.69) is 31.9 Å². The van der Waals surface area contributed by atoms with Crippen molar-refractivity contribution in [1.82, 2.24) is 0 Å². The van der Waals surface area contributed by atoms with E-state index in [1.54, 1.807) is 0 Å². The summed E-state index contributed by atoms with van der Waals surface area (Å²) in [6.45, 7) is 14.0. The molecule has 1 N–H and O–H groups in total. The minimum absolute atomic E-state index is 0.374. The van der Waals surface area contributed by atoms with Crippen molar-refractivity contribution < 1.29 is 5.11 Å². The molecule has 0 saturated carbocycles. The van der Waals surface area contributed by atoms with Gasteiger partial charge in [0.2, 0.25) is 0 Å². The minimum atomic E-state index is -0.381. The number of allylic oxidation sites excluding steroid dienone is 4. The first kappa shape index (κ1) is 13.0. The normalized spacial score (nSPS) is 29.9. The Kier molecular flexibility index (Phi) is 4.75. The van der Waals surface area contributed by atoms with Crippen molar-refractivity contribution in [3.8, 4) is 0 Å². The SMILES string of the molecule is C=C1/C=C/[C@@H](C(=C)C)CCC(=C)C(O)CC1. The van der Waals surface area contributed by atoms with E-state index in [0.717, 1.165) is 42.4 Å². The zero-order valence-corrected chi connectivity index (χ0v) is 10.2. The van der Waals surface area contributed by atoms with Crippen molar-refractivity contribution in [2.45, 2.75) is 38.7 Å². The Morgan fingerprint density at radius 2 is 2.00 bits per heavy atom. The van der Waals surface area contributed by atoms with Gasteiger partial charge in [0.1, 0.15) is 0 Å². The molecule has 0 amide bonds. The molecule has 1 aliphatic rings. The third-order valence-corrected chi connectivity index (χ3v) is 3.18. The molecule has 0 heterocycles. The van der Waals surface area contributed by atoms with Gasteiger partial charge in [-0.25, -0.2) is 0 Å². The maximum Gasteiger partial charge on any atom is 0.0750 e. The molecule has 1 nitrogen and oxygen atoms in total. The number of hydrogen-bond donors (Lipinski definition) is 1. The number of rotatable bonds is 1. The molecule has 2 atom stereocenters. The zero-order chi connectivity index (χ0) is 12.1. The maximum atomic E-state index is 9.85. The lowest BCUT2D eigenvalue weighted by Gasteiger charge is -2.19. The molecule has 0 fully saturated rings. The second kappa shape index (κ2) is 5.86. The summed E-state index contributed by atoms with van der Waals surface area (Å²) in [7, 11) is 0. The molecule has 88 valence electrons. The highest BCUT2D eigenvalue weighted by Gasteiger charge is 2.13. The lowest BCUT2D eigenvalue weighted by molar-refractivity contribution is 0.196. The van der Waals surface area contributed by atoms with E-state index in [9.17, 15) is 5.11 Å². The third-order valence-electron chi connectivity index (χ3n) is 3.18. The summed E-state index contributed by atoms with van der Waals surface area (Å²) in [5, 5.41) is 9.85. The summed E-state index contributed by atoms with van der Waals surface area (Å²) in [6, 6.07) is 0. The van der Waals surface area contributed by atoms with Crippen LogP contribution in [0.15, 0.2) is 48.6 Å². The van der Waals surface area contributed by atoms with Crippen LogP contribution in [0.5, 0.6) is 0 Å². The molecule has 0 aliphatic heterocycles. The van der Waals surface area contributed by atoms with Crippen LogP contribution in [-0.4, -0.2) is 11.2 Å². The molecule has 0 radical (unpaired) electrons. The predicted molar refractivity (Wildman–Crippen MR) is 70.2 cm³/mol. The van der Waals surface area contributed by atoms with Gasteiger partial charge in [-0.2, -0.15) is 0 Å². The minimum Gasteiger partial charge on any atom is -0.389 e. The quantitative estimate of drug-likeness (QED) is 0.664. The molecule has 16 heavy (non-hydrogen) atoms. The molecule has 0 aromatic carbocycles. The molecule has 1 unspecified atom stereocenters. The van der Waals surface area contributed by atoms with Gasteiger partial charge >= 0.3 is 0 Å². The van der Waals surface area contributed by atoms with Crippen molar-refractivity contribution in [2.24, 2.45) is 5.92 Å². The smallest absolute Gasteiger partial charge is 0.0750 e. The average molecular weight is 218 g/mol. The highest BCUT2D eigenvalue weighted by molar-refractivity contribution is 5.21. The lowest BCUT2D eigenvalue weighted by Crippen LogP contribution is -2.12. The maximum absolute atomic E-state index is 9.85. The third kappa shape index (κ3) is 3.82. The highest BCUT2D eigenvalue weighted by atomic mass is 16.3. The summed E-state index contributed by atoms with van der Waals surface area (Å²) in [6.07, 6.45) is 7.29. The van der Waals surface area contributed by atoms with Gasteiger partial charge in [0, 0.05) is 0 Å². The molecule has 1 rings (SSSR count). The molecule has 0 bridgehead atoms. The largest absolute Gasteiger partial charge is 0.389 e. The lowest BCUT2D eigenvalue weighted by atomic mass is 9.89. The van der Waals surface area contributed by atoms with E-state index in [1.165, 1.54) is 0 Å². The van der Waals surface area contributed by atoms with E-state index in [0.29, 0.717) is 5.92 Å². The summed E-state index contributed by atoms with van der Waals surface area (Å²) in [5.41, 5.74) is 3.17. The van der Waals surface area contributed by atoms with Gasteiger partial charge in [-0.05, 0) is 44.1 Å². The first-order chi connectivity index (χ1) is 7.50. The van der Waals surface area contributed by atoms with Crippen LogP contribution in [0.2, 0.25) is 0 Å². The zero-order valence-electron chi connectivity index (χ0n) is 10.2. The highest BCUT2D eigenvalue weighted by Crippen LogP contribution is 2.25. The van der Waals surface area contributed by atoms with E-state index < -0.39 is 0 Å². The topological polar surface area (TPSA) is 20.2 Å². The van der Waals surface area contributed by atoms with E-state index in [1.807, 2.05) is 6.92 Å². The van der Waals surface area contributed by atoms with Gasteiger partial charge in [-0.1, -0.05) is 43.0 Å². The molecule has 1 aliphatic carbocycles. The summed E-state index contributed by atoms with van der Waals surface area (Å²) < 4.78 is 0. The number of aliphatic hydroxyl groups excluding tert-OH is 1. The van der Waals surface area contributed by atoms with Crippen molar-refractivity contribution in [1.29, 1.82) is 0 Å². The fraction of sp³-hybridized carbons (Fsp3) is 0.467. The van der Waals surface area contributed by atoms with Gasteiger partial charge in [0.25, 0.3) is 0 Å². The molecular formula is C15H22O. The standard InChI is InChI=1S/C15H22O/c1-11(2)14-8-5-12(3)6-10-15(16)13(4)7-9-14/h5,8,14-16H,1,3-4,6-7,9-10H2,2H3/b8-5+/t14-,15?/m1/s1. The second-order valence-corrected chi connectivity index (χ2v) is 4.72. The predicted octanol–water partition coefficient (Wildman–Crippen LogP) is 3.78. The Bertz CT molecular complexity index is 322. The number of aliphatic hydroxyl groups is 1. The first-order valence-electron chi connectivity index (χ1n) is 5.88. The van der Waals surface area contributed by atoms with Crippen LogP contribution in [-0.2, 0) is 0 Å². The second-order valence-electron chi connectivity index (χ2n) is 4.72. The molecule has 0 aromatic rings. The Morgan fingerprint density at radius 3 is 2.62 bits per heavy atom. The van der Waals surface area contributed by atoms with Gasteiger partial charge < -0.3 is 5.11 Å². The Balaban J connectivity index is 2.78. The van der Waals surface area contributed by atoms with E-state index in [-0.39, 0.29) is 6.10 Å². The molecule has 0 saturated heterocycles. The van der Waals surface area contributed by atoms with Crippen LogP contribution in [0.3, 0.4) is 0 Å². The Hall–Kier alpha value is -1.08. The van der Waals surface area contributed by atoms with Crippen molar-refractivity contribution in [3.05, 3.63) is 48.6 Å². The van der Waals surface area contributed by atoms with Crippen LogP contribution in [0.25, 0.3) is 0 Å². The van der Waals surface area contributed by atoms with Crippen molar-refractivity contribution >= 4 is 0 Å². The fourth-order valence-corrected chi connectivity index (χ4v) is 1.88. The summed E-state index contributed by atoms with van der Waals surface area (Å²) in [5.74, 6) is 0.374. The van der Waals surface area contributed by atoms with Crippen LogP contribution in [0.4, 0.5) is 0 Å². The average Bonchev–Trinajstić information content (AvgIpc) is 2.23. The Labute approximate surface area is 98.9 Å². The molecule has 0 aromatic heterocycles. The van der Waals surface area contributed by atoms with Crippen LogP contribution in [0, 0.1) is 5.92 Å². The monoisotopic (exact) mass is 218 g/mol. The molecule has 1 heteroatoms. The Morgan fingerprint density at radius 1 is 1.31 bits per heavy atom. The van der Waals surface area contributed by atoms with Crippen LogP contribution >= 0.6 is 0 Å². The van der Waals surface area contributed by atoms with Crippen molar-refractivity contribution in [2.75, 3.05) is 0 Å². The van der Waals surface area contributed by atoms with Crippen LogP contribution in [0.1, 0.15) is 32.6 Å². The molecular weight excluding hydrogens is 196 g/mol. The summed E-state index contributed by atoms with van der Waals surface area (Å²) in [4.78, 5) is 0. The van der Waals surface area contributed by atoms with E-state index >= 15 is 0 Å². The van der Waals surface area contributed by atoms with Crippen LogP contribution < -0.4 is 0 Å². The van der Waals surface area contributed by atoms with Gasteiger partial charge in [-0.15, -0.1) is 0 Å². The first-order valence-corrected chi connectivity index (χ1v) is 5.88. The fourth-order valence-electron chi connectivity index (χ4n) is 1.88. The van der Waals surface area contributed by atoms with Gasteiger partial charge in [-0.3, -0.25) is 0 Å².